The second kappa shape index (κ2) is 6.19. The average Bonchev–Trinajstić information content (AvgIpc) is 2.54. The molecule has 0 radical (unpaired) electrons. The van der Waals surface area contributed by atoms with Gasteiger partial charge in [-0.1, -0.05) is 18.2 Å². The highest BCUT2D eigenvalue weighted by atomic mass is 16.5. The van der Waals surface area contributed by atoms with Gasteiger partial charge in [0.05, 0.1) is 19.8 Å². The quantitative estimate of drug-likeness (QED) is 0.933. The molecule has 2 aromatic carbocycles. The Morgan fingerprint density at radius 3 is 2.86 bits per heavy atom. The number of hydrogen-bond donors (Lipinski definition) is 1. The van der Waals surface area contributed by atoms with Crippen LogP contribution in [0.5, 0.6) is 11.5 Å². The fourth-order valence-electron chi connectivity index (χ4n) is 2.92. The van der Waals surface area contributed by atoms with E-state index in [1.807, 2.05) is 19.1 Å². The van der Waals surface area contributed by atoms with Crippen LogP contribution in [0.1, 0.15) is 29.7 Å². The van der Waals surface area contributed by atoms with Crippen molar-refractivity contribution in [1.82, 2.24) is 5.32 Å². The second-order valence-electron chi connectivity index (χ2n) is 5.21. The molecule has 3 heteroatoms. The summed E-state index contributed by atoms with van der Waals surface area (Å²) in [5, 5.41) is 3.60. The summed E-state index contributed by atoms with van der Waals surface area (Å²) in [6.45, 7) is 3.70. The lowest BCUT2D eigenvalue weighted by Crippen LogP contribution is -2.30. The van der Waals surface area contributed by atoms with Gasteiger partial charge in [0.25, 0.3) is 0 Å². The Morgan fingerprint density at radius 2 is 2.05 bits per heavy atom. The van der Waals surface area contributed by atoms with Crippen LogP contribution < -0.4 is 14.8 Å². The van der Waals surface area contributed by atoms with Gasteiger partial charge in [-0.25, -0.2) is 0 Å². The number of ether oxygens (including phenoxy) is 2. The molecule has 3 rings (SSSR count). The van der Waals surface area contributed by atoms with E-state index in [-0.39, 0.29) is 6.04 Å². The van der Waals surface area contributed by atoms with Crippen LogP contribution in [0.2, 0.25) is 0 Å². The number of fused-ring (bicyclic) bond motifs is 1. The van der Waals surface area contributed by atoms with Crippen LogP contribution in [0.15, 0.2) is 42.5 Å². The lowest BCUT2D eigenvalue weighted by Gasteiger charge is -2.28. The number of nitrogens with one attached hydrogen (secondary N) is 1. The van der Waals surface area contributed by atoms with Gasteiger partial charge in [-0.05, 0) is 54.3 Å². The van der Waals surface area contributed by atoms with Crippen LogP contribution in [-0.4, -0.2) is 20.3 Å². The van der Waals surface area contributed by atoms with Crippen molar-refractivity contribution < 1.29 is 9.47 Å². The summed E-state index contributed by atoms with van der Waals surface area (Å²) < 4.78 is 10.9. The average molecular weight is 283 g/mol. The fraction of sp³-hybridized carbons (Fsp3) is 0.333. The molecule has 1 aliphatic rings. The zero-order chi connectivity index (χ0) is 14.7. The normalized spacial score (nSPS) is 17.1. The van der Waals surface area contributed by atoms with E-state index >= 15 is 0 Å². The fourth-order valence-corrected chi connectivity index (χ4v) is 2.92. The largest absolute Gasteiger partial charge is 0.497 e. The zero-order valence-corrected chi connectivity index (χ0v) is 12.6. The Bertz CT molecular complexity index is 624. The summed E-state index contributed by atoms with van der Waals surface area (Å²) in [6.07, 6.45) is 1.04. The number of methoxy groups -OCH3 is 1. The van der Waals surface area contributed by atoms with Crippen molar-refractivity contribution in [3.8, 4) is 11.5 Å². The Labute approximate surface area is 125 Å². The van der Waals surface area contributed by atoms with E-state index in [1.54, 1.807) is 7.11 Å². The molecule has 1 N–H and O–H groups in total. The highest BCUT2D eigenvalue weighted by molar-refractivity contribution is 5.45. The molecule has 2 aromatic rings. The van der Waals surface area contributed by atoms with Crippen LogP contribution in [0.3, 0.4) is 0 Å². The molecule has 0 spiro atoms. The van der Waals surface area contributed by atoms with Gasteiger partial charge in [-0.2, -0.15) is 0 Å². The van der Waals surface area contributed by atoms with Crippen molar-refractivity contribution in [3.05, 3.63) is 59.2 Å². The Kier molecular flexibility index (Phi) is 4.11. The van der Waals surface area contributed by atoms with Gasteiger partial charge < -0.3 is 14.8 Å². The van der Waals surface area contributed by atoms with Crippen LogP contribution in [-0.2, 0) is 6.42 Å². The number of rotatable bonds is 4. The maximum atomic E-state index is 5.61. The molecule has 21 heavy (non-hydrogen) atoms. The highest BCUT2D eigenvalue weighted by Gasteiger charge is 2.21. The van der Waals surface area contributed by atoms with Crippen molar-refractivity contribution in [2.24, 2.45) is 0 Å². The molecule has 0 fully saturated rings. The molecule has 0 amide bonds. The van der Waals surface area contributed by atoms with Gasteiger partial charge in [0.15, 0.2) is 0 Å². The molecular weight excluding hydrogens is 262 g/mol. The lowest BCUT2D eigenvalue weighted by atomic mass is 9.89. The lowest BCUT2D eigenvalue weighted by molar-refractivity contribution is 0.339. The van der Waals surface area contributed by atoms with Gasteiger partial charge in [-0.15, -0.1) is 0 Å². The molecule has 1 atom stereocenters. The van der Waals surface area contributed by atoms with Gasteiger partial charge in [0, 0.05) is 6.54 Å². The van der Waals surface area contributed by atoms with Crippen LogP contribution in [0.25, 0.3) is 0 Å². The first kappa shape index (κ1) is 14.0. The standard InChI is InChI=1S/C18H21NO2/c1-3-21-16-7-8-17-13(11-16)9-10-19-18(17)14-5-4-6-15(12-14)20-2/h4-8,11-12,18-19H,3,9-10H2,1-2H3. The highest BCUT2D eigenvalue weighted by Crippen LogP contribution is 2.32. The smallest absolute Gasteiger partial charge is 0.119 e. The predicted octanol–water partition coefficient (Wildman–Crippen LogP) is 3.33. The second-order valence-corrected chi connectivity index (χ2v) is 5.21. The maximum absolute atomic E-state index is 5.61. The van der Waals surface area contributed by atoms with Crippen molar-refractivity contribution >= 4 is 0 Å². The first-order valence-corrected chi connectivity index (χ1v) is 7.44. The number of hydrogen-bond acceptors (Lipinski definition) is 3. The van der Waals surface area contributed by atoms with E-state index in [4.69, 9.17) is 9.47 Å². The van der Waals surface area contributed by atoms with Crippen molar-refractivity contribution in [2.75, 3.05) is 20.3 Å². The SMILES string of the molecule is CCOc1ccc2c(c1)CCNC2c1cccc(OC)c1. The molecule has 3 nitrogen and oxygen atoms in total. The third kappa shape index (κ3) is 2.88. The van der Waals surface area contributed by atoms with Crippen LogP contribution in [0, 0.1) is 0 Å². The topological polar surface area (TPSA) is 30.5 Å². The van der Waals surface area contributed by atoms with E-state index in [2.05, 4.69) is 35.6 Å². The summed E-state index contributed by atoms with van der Waals surface area (Å²) in [4.78, 5) is 0. The first-order valence-electron chi connectivity index (χ1n) is 7.44. The zero-order valence-electron chi connectivity index (χ0n) is 12.6. The maximum Gasteiger partial charge on any atom is 0.119 e. The van der Waals surface area contributed by atoms with Gasteiger partial charge >= 0.3 is 0 Å². The van der Waals surface area contributed by atoms with E-state index in [0.29, 0.717) is 6.61 Å². The number of benzene rings is 2. The molecule has 1 heterocycles. The Hall–Kier alpha value is -2.00. The summed E-state index contributed by atoms with van der Waals surface area (Å²) >= 11 is 0. The van der Waals surface area contributed by atoms with Crippen molar-refractivity contribution in [2.45, 2.75) is 19.4 Å². The van der Waals surface area contributed by atoms with Crippen molar-refractivity contribution in [1.29, 1.82) is 0 Å². The van der Waals surface area contributed by atoms with E-state index in [9.17, 15) is 0 Å². The molecule has 0 aromatic heterocycles. The predicted molar refractivity (Wildman–Crippen MR) is 84.2 cm³/mol. The third-order valence-electron chi connectivity index (χ3n) is 3.91. The molecule has 0 saturated heterocycles. The van der Waals surface area contributed by atoms with Gasteiger partial charge in [0.2, 0.25) is 0 Å². The summed E-state index contributed by atoms with van der Waals surface area (Å²) in [5.74, 6) is 1.86. The molecular formula is C18H21NO2. The van der Waals surface area contributed by atoms with Crippen molar-refractivity contribution in [3.63, 3.8) is 0 Å². The van der Waals surface area contributed by atoms with E-state index < -0.39 is 0 Å². The Balaban J connectivity index is 1.96. The van der Waals surface area contributed by atoms with Crippen LogP contribution >= 0.6 is 0 Å². The minimum atomic E-state index is 0.222. The minimum Gasteiger partial charge on any atom is -0.497 e. The molecule has 110 valence electrons. The van der Waals surface area contributed by atoms with Crippen LogP contribution in [0.4, 0.5) is 0 Å². The van der Waals surface area contributed by atoms with Gasteiger partial charge in [-0.3, -0.25) is 0 Å². The van der Waals surface area contributed by atoms with Gasteiger partial charge in [0.1, 0.15) is 11.5 Å². The van der Waals surface area contributed by atoms with E-state index in [1.165, 1.54) is 16.7 Å². The molecule has 0 bridgehead atoms. The third-order valence-corrected chi connectivity index (χ3v) is 3.91. The molecule has 1 aliphatic heterocycles. The monoisotopic (exact) mass is 283 g/mol. The molecule has 0 saturated carbocycles. The Morgan fingerprint density at radius 1 is 1.14 bits per heavy atom. The molecule has 1 unspecified atom stereocenters. The summed E-state index contributed by atoms with van der Waals surface area (Å²) in [7, 11) is 1.70. The molecule has 0 aliphatic carbocycles. The van der Waals surface area contributed by atoms with E-state index in [0.717, 1.165) is 24.5 Å². The first-order chi connectivity index (χ1) is 10.3. The summed E-state index contributed by atoms with van der Waals surface area (Å²) in [5.41, 5.74) is 3.94. The summed E-state index contributed by atoms with van der Waals surface area (Å²) in [6, 6.07) is 14.9. The minimum absolute atomic E-state index is 0.222.